The number of nitrogens with one attached hydrogen (secondary N) is 1. The predicted octanol–water partition coefficient (Wildman–Crippen LogP) is 5.86. The highest BCUT2D eigenvalue weighted by Gasteiger charge is 2.47. The summed E-state index contributed by atoms with van der Waals surface area (Å²) in [5, 5.41) is 11.6. The molecule has 3 heterocycles. The Labute approximate surface area is 230 Å². The van der Waals surface area contributed by atoms with Crippen LogP contribution in [0.2, 0.25) is 0 Å². The zero-order valence-corrected chi connectivity index (χ0v) is 22.2. The van der Waals surface area contributed by atoms with Crippen LogP contribution in [0.25, 0.3) is 11.0 Å². The first kappa shape index (κ1) is 26.4. The predicted molar refractivity (Wildman–Crippen MR) is 142 cm³/mol. The molecule has 2 bridgehead atoms. The van der Waals surface area contributed by atoms with E-state index in [1.54, 1.807) is 17.8 Å². The summed E-state index contributed by atoms with van der Waals surface area (Å²) >= 11 is 0. The molecule has 1 aliphatic heterocycles. The van der Waals surface area contributed by atoms with E-state index >= 15 is 0 Å². The number of aromatic nitrogens is 2. The van der Waals surface area contributed by atoms with E-state index in [-0.39, 0.29) is 51.7 Å². The van der Waals surface area contributed by atoms with Crippen LogP contribution >= 0.6 is 0 Å². The Kier molecular flexibility index (Phi) is 6.56. The lowest BCUT2D eigenvalue weighted by Crippen LogP contribution is -2.46. The van der Waals surface area contributed by atoms with Gasteiger partial charge < -0.3 is 14.8 Å². The van der Waals surface area contributed by atoms with Crippen molar-refractivity contribution in [3.05, 3.63) is 58.9 Å². The highest BCUT2D eigenvalue weighted by Crippen LogP contribution is 2.52. The molecule has 0 radical (unpaired) electrons. The number of fused-ring (bicyclic) bond motifs is 3. The number of aryl methyl sites for hydroxylation is 1. The summed E-state index contributed by atoms with van der Waals surface area (Å²) in [6.45, 7) is 1.13. The van der Waals surface area contributed by atoms with Gasteiger partial charge in [-0.3, -0.25) is 9.59 Å². The van der Waals surface area contributed by atoms with Gasteiger partial charge in [0, 0.05) is 43.2 Å². The molecule has 1 saturated heterocycles. The number of halogens is 3. The SMILES string of the molecule is Cn1cc([C@@H]2C3CC[C@H]2CN(C(=O)C2CCCC2)C3)c2c(C(F)(F)F)c(NC(=O)c3cccc(C#N)c3)cnc21. The minimum Gasteiger partial charge on any atom is -0.342 e. The molecule has 1 unspecified atom stereocenters. The number of amides is 2. The third kappa shape index (κ3) is 4.51. The van der Waals surface area contributed by atoms with Gasteiger partial charge in [-0.05, 0) is 67.2 Å². The van der Waals surface area contributed by atoms with E-state index in [0.29, 0.717) is 18.7 Å². The van der Waals surface area contributed by atoms with Gasteiger partial charge in [-0.25, -0.2) is 4.98 Å². The number of likely N-dealkylation sites (tertiary alicyclic amines) is 1. The van der Waals surface area contributed by atoms with Gasteiger partial charge in [-0.1, -0.05) is 18.9 Å². The standard InChI is InChI=1S/C30H30F3N5O2/c1-37-16-22(24-20-9-10-21(24)15-38(14-20)29(40)18-6-2-3-7-18)25-26(30(31,32)33)23(13-35-27(25)37)36-28(39)19-8-4-5-17(11-19)12-34/h4-5,8,11,13,16,18,20-21,24H,2-3,6-7,9-10,14-15H2,1H3,(H,36,39)/t20-,21?,24-/m0/s1. The first-order chi connectivity index (χ1) is 19.2. The van der Waals surface area contributed by atoms with Crippen molar-refractivity contribution in [2.45, 2.75) is 50.6 Å². The molecule has 6 rings (SSSR count). The number of hydrogen-bond acceptors (Lipinski definition) is 4. The number of benzene rings is 1. The normalized spacial score (nSPS) is 23.0. The monoisotopic (exact) mass is 549 g/mol. The number of pyridine rings is 1. The lowest BCUT2D eigenvalue weighted by atomic mass is 9.79. The number of hydrogen-bond donors (Lipinski definition) is 1. The molecule has 3 aliphatic rings. The third-order valence-corrected chi connectivity index (χ3v) is 9.01. The summed E-state index contributed by atoms with van der Waals surface area (Å²) in [5.74, 6) is -0.452. The minimum absolute atomic E-state index is 0.0102. The maximum absolute atomic E-state index is 14.8. The fourth-order valence-electron chi connectivity index (χ4n) is 7.28. The number of carbonyl (C=O) groups excluding carboxylic acids is 2. The maximum atomic E-state index is 14.8. The molecule has 3 fully saturated rings. The zero-order chi connectivity index (χ0) is 28.2. The van der Waals surface area contributed by atoms with E-state index in [2.05, 4.69) is 10.3 Å². The summed E-state index contributed by atoms with van der Waals surface area (Å²) in [5.41, 5.74) is -0.229. The van der Waals surface area contributed by atoms with E-state index in [4.69, 9.17) is 5.26 Å². The Balaban J connectivity index is 1.38. The quantitative estimate of drug-likeness (QED) is 0.442. The number of rotatable bonds is 4. The Morgan fingerprint density at radius 3 is 2.45 bits per heavy atom. The molecular formula is C30H30F3N5O2. The van der Waals surface area contributed by atoms with Crippen molar-refractivity contribution < 1.29 is 22.8 Å². The molecule has 0 spiro atoms. The van der Waals surface area contributed by atoms with Gasteiger partial charge in [0.25, 0.3) is 5.91 Å². The van der Waals surface area contributed by atoms with Gasteiger partial charge in [0.2, 0.25) is 5.91 Å². The molecule has 3 atom stereocenters. The van der Waals surface area contributed by atoms with Crippen LogP contribution in [0.1, 0.15) is 71.5 Å². The van der Waals surface area contributed by atoms with Crippen LogP contribution in [0, 0.1) is 29.1 Å². The Hall–Kier alpha value is -3.87. The topological polar surface area (TPSA) is 91.0 Å². The second-order valence-electron chi connectivity index (χ2n) is 11.4. The largest absolute Gasteiger partial charge is 0.419 e. The Morgan fingerprint density at radius 1 is 1.10 bits per heavy atom. The smallest absolute Gasteiger partial charge is 0.342 e. The van der Waals surface area contributed by atoms with Crippen LogP contribution < -0.4 is 5.32 Å². The molecule has 40 heavy (non-hydrogen) atoms. The van der Waals surface area contributed by atoms with E-state index in [1.165, 1.54) is 24.3 Å². The fraction of sp³-hybridized carbons (Fsp3) is 0.467. The van der Waals surface area contributed by atoms with Crippen molar-refractivity contribution in [1.29, 1.82) is 5.26 Å². The summed E-state index contributed by atoms with van der Waals surface area (Å²) in [7, 11) is 1.69. The van der Waals surface area contributed by atoms with E-state index in [9.17, 15) is 22.8 Å². The van der Waals surface area contributed by atoms with Gasteiger partial charge >= 0.3 is 6.18 Å². The Bertz CT molecular complexity index is 1520. The number of piperidine rings is 1. The third-order valence-electron chi connectivity index (χ3n) is 9.01. The number of nitriles is 1. The molecule has 2 aromatic heterocycles. The van der Waals surface area contributed by atoms with Gasteiger partial charge in [0.05, 0.1) is 29.1 Å². The maximum Gasteiger partial charge on any atom is 0.419 e. The Morgan fingerprint density at radius 2 is 1.80 bits per heavy atom. The van der Waals surface area contributed by atoms with Crippen LogP contribution in [-0.4, -0.2) is 39.4 Å². The van der Waals surface area contributed by atoms with E-state index in [1.807, 2.05) is 11.0 Å². The number of alkyl halides is 3. The van der Waals surface area contributed by atoms with Crippen molar-refractivity contribution >= 4 is 28.5 Å². The van der Waals surface area contributed by atoms with Crippen LogP contribution in [0.3, 0.4) is 0 Å². The van der Waals surface area contributed by atoms with Gasteiger partial charge in [0.1, 0.15) is 5.65 Å². The first-order valence-electron chi connectivity index (χ1n) is 13.8. The van der Waals surface area contributed by atoms with Gasteiger partial charge in [-0.15, -0.1) is 0 Å². The summed E-state index contributed by atoms with van der Waals surface area (Å²) in [6, 6.07) is 7.74. The lowest BCUT2D eigenvalue weighted by Gasteiger charge is -2.39. The van der Waals surface area contributed by atoms with Crippen LogP contribution in [0.4, 0.5) is 18.9 Å². The van der Waals surface area contributed by atoms with Crippen molar-refractivity contribution in [3.63, 3.8) is 0 Å². The number of anilines is 1. The molecule has 3 aromatic rings. The van der Waals surface area contributed by atoms with Crippen LogP contribution in [0.15, 0.2) is 36.7 Å². The van der Waals surface area contributed by atoms with E-state index < -0.39 is 23.3 Å². The van der Waals surface area contributed by atoms with Crippen LogP contribution in [-0.2, 0) is 18.0 Å². The molecule has 10 heteroatoms. The minimum atomic E-state index is -4.76. The van der Waals surface area contributed by atoms with Crippen molar-refractivity contribution in [2.24, 2.45) is 24.8 Å². The average Bonchev–Trinajstić information content (AvgIpc) is 3.64. The molecule has 2 saturated carbocycles. The zero-order valence-electron chi connectivity index (χ0n) is 22.2. The molecular weight excluding hydrogens is 519 g/mol. The summed E-state index contributed by atoms with van der Waals surface area (Å²) in [4.78, 5) is 32.4. The second-order valence-corrected chi connectivity index (χ2v) is 11.4. The molecule has 1 N–H and O–H groups in total. The summed E-state index contributed by atoms with van der Waals surface area (Å²) in [6.07, 6.45) is 3.77. The lowest BCUT2D eigenvalue weighted by molar-refractivity contribution is -0.137. The highest BCUT2D eigenvalue weighted by atomic mass is 19.4. The number of nitrogens with zero attached hydrogens (tertiary/aromatic N) is 4. The molecule has 2 aliphatic carbocycles. The van der Waals surface area contributed by atoms with E-state index in [0.717, 1.165) is 44.7 Å². The van der Waals surface area contributed by atoms with Crippen molar-refractivity contribution in [3.8, 4) is 6.07 Å². The molecule has 2 amide bonds. The fourth-order valence-corrected chi connectivity index (χ4v) is 7.28. The molecule has 1 aromatic carbocycles. The first-order valence-corrected chi connectivity index (χ1v) is 13.8. The van der Waals surface area contributed by atoms with Gasteiger partial charge in [0.15, 0.2) is 0 Å². The second kappa shape index (κ2) is 9.95. The molecule has 208 valence electrons. The van der Waals surface area contributed by atoms with Crippen molar-refractivity contribution in [1.82, 2.24) is 14.5 Å². The van der Waals surface area contributed by atoms with Crippen LogP contribution in [0.5, 0.6) is 0 Å². The van der Waals surface area contributed by atoms with Crippen molar-refractivity contribution in [2.75, 3.05) is 18.4 Å². The molecule has 7 nitrogen and oxygen atoms in total. The van der Waals surface area contributed by atoms with Gasteiger partial charge in [-0.2, -0.15) is 18.4 Å². The summed E-state index contributed by atoms with van der Waals surface area (Å²) < 4.78 is 45.9. The highest BCUT2D eigenvalue weighted by molar-refractivity contribution is 6.06. The average molecular weight is 550 g/mol. The number of carbonyl (C=O) groups is 2.